The van der Waals surface area contributed by atoms with Crippen molar-refractivity contribution in [3.63, 3.8) is 0 Å². The van der Waals surface area contributed by atoms with Gasteiger partial charge < -0.3 is 14.7 Å². The predicted molar refractivity (Wildman–Crippen MR) is 81.4 cm³/mol. The molecule has 2 heterocycles. The highest BCUT2D eigenvalue weighted by Gasteiger charge is 2.23. The van der Waals surface area contributed by atoms with Crippen LogP contribution in [0.25, 0.3) is 0 Å². The van der Waals surface area contributed by atoms with Gasteiger partial charge in [-0.3, -0.25) is 14.6 Å². The van der Waals surface area contributed by atoms with Gasteiger partial charge in [0.2, 0.25) is 11.8 Å². The molecule has 0 aliphatic heterocycles. The van der Waals surface area contributed by atoms with E-state index < -0.39 is 11.2 Å². The molecule has 0 spiro atoms. The van der Waals surface area contributed by atoms with Crippen molar-refractivity contribution in [2.24, 2.45) is 0 Å². The van der Waals surface area contributed by atoms with E-state index in [0.29, 0.717) is 17.3 Å². The van der Waals surface area contributed by atoms with Crippen molar-refractivity contribution in [3.05, 3.63) is 38.0 Å². The topological polar surface area (TPSA) is 134 Å². The fourth-order valence-corrected chi connectivity index (χ4v) is 2.57. The Hall–Kier alpha value is -2.36. The second-order valence-corrected chi connectivity index (χ2v) is 6.21. The van der Waals surface area contributed by atoms with Gasteiger partial charge >= 0.3 is 5.69 Å². The molecule has 2 aromatic heterocycles. The van der Waals surface area contributed by atoms with Crippen LogP contribution in [-0.2, 0) is 11.2 Å². The fraction of sp³-hybridized carbons (Fsp3) is 0.462. The van der Waals surface area contributed by atoms with Crippen LogP contribution in [-0.4, -0.2) is 37.9 Å². The van der Waals surface area contributed by atoms with E-state index in [1.807, 2.05) is 0 Å². The molecule has 0 unspecified atom stereocenters. The Kier molecular flexibility index (Phi) is 4.33. The van der Waals surface area contributed by atoms with Crippen LogP contribution in [0.3, 0.4) is 0 Å². The molecule has 10 heteroatoms. The van der Waals surface area contributed by atoms with E-state index in [1.54, 1.807) is 6.92 Å². The second kappa shape index (κ2) is 6.41. The molecule has 1 saturated carbocycles. The summed E-state index contributed by atoms with van der Waals surface area (Å²) in [5.41, 5.74) is -0.228. The number of H-pyrrole nitrogens is 2. The summed E-state index contributed by atoms with van der Waals surface area (Å²) < 4.78 is 5.41. The van der Waals surface area contributed by atoms with Gasteiger partial charge in [-0.1, -0.05) is 11.8 Å². The van der Waals surface area contributed by atoms with Crippen molar-refractivity contribution in [1.29, 1.82) is 0 Å². The lowest BCUT2D eigenvalue weighted by Gasteiger charge is -2.00. The maximum absolute atomic E-state index is 11.8. The molecule has 1 fully saturated rings. The van der Waals surface area contributed by atoms with Gasteiger partial charge in [0, 0.05) is 17.3 Å². The summed E-state index contributed by atoms with van der Waals surface area (Å²) in [4.78, 5) is 39.2. The standard InChI is InChI=1S/C13H15N5O4S/c1-6-8(11(20)16-12(21)14-6)4-10-17-18-13(22-10)23-5-9(19)15-7-2-3-7/h7H,2-5H2,1H3,(H,15,19)(H2,14,16,20,21). The van der Waals surface area contributed by atoms with Crippen LogP contribution in [0.2, 0.25) is 0 Å². The minimum Gasteiger partial charge on any atom is -0.416 e. The highest BCUT2D eigenvalue weighted by atomic mass is 32.2. The van der Waals surface area contributed by atoms with Crippen LogP contribution in [0.5, 0.6) is 0 Å². The normalized spacial score (nSPS) is 14.0. The molecule has 3 rings (SSSR count). The summed E-state index contributed by atoms with van der Waals surface area (Å²) in [7, 11) is 0. The van der Waals surface area contributed by atoms with Crippen molar-refractivity contribution < 1.29 is 9.21 Å². The van der Waals surface area contributed by atoms with Crippen molar-refractivity contribution >= 4 is 17.7 Å². The number of thioether (sulfide) groups is 1. The van der Waals surface area contributed by atoms with E-state index in [0.717, 1.165) is 24.6 Å². The number of carbonyl (C=O) groups excluding carboxylic acids is 1. The van der Waals surface area contributed by atoms with E-state index >= 15 is 0 Å². The Balaban J connectivity index is 1.62. The third kappa shape index (κ3) is 4.09. The first-order valence-corrected chi connectivity index (χ1v) is 8.06. The number of rotatable bonds is 6. The zero-order chi connectivity index (χ0) is 16.4. The molecule has 0 atom stereocenters. The monoisotopic (exact) mass is 337 g/mol. The number of nitrogens with zero attached hydrogens (tertiary/aromatic N) is 2. The molecule has 0 bridgehead atoms. The van der Waals surface area contributed by atoms with E-state index in [-0.39, 0.29) is 29.2 Å². The first-order valence-electron chi connectivity index (χ1n) is 7.08. The number of hydrogen-bond acceptors (Lipinski definition) is 7. The summed E-state index contributed by atoms with van der Waals surface area (Å²) in [6.07, 6.45) is 2.18. The third-order valence-corrected chi connectivity index (χ3v) is 4.12. The lowest BCUT2D eigenvalue weighted by atomic mass is 10.2. The molecule has 2 aromatic rings. The Morgan fingerprint density at radius 2 is 2.13 bits per heavy atom. The predicted octanol–water partition coefficient (Wildman–Crippen LogP) is -0.284. The van der Waals surface area contributed by atoms with Crippen LogP contribution >= 0.6 is 11.8 Å². The molecule has 1 aliphatic rings. The molecule has 0 aromatic carbocycles. The van der Waals surface area contributed by atoms with Crippen LogP contribution in [0.15, 0.2) is 19.2 Å². The quantitative estimate of drug-likeness (QED) is 0.617. The van der Waals surface area contributed by atoms with Crippen molar-refractivity contribution in [2.75, 3.05) is 5.75 Å². The molecular formula is C13H15N5O4S. The number of aryl methyl sites for hydroxylation is 1. The summed E-state index contributed by atoms with van der Waals surface area (Å²) >= 11 is 1.14. The molecule has 1 aliphatic carbocycles. The number of carbonyl (C=O) groups is 1. The number of amides is 1. The lowest BCUT2D eigenvalue weighted by Crippen LogP contribution is -2.27. The van der Waals surface area contributed by atoms with Gasteiger partial charge in [0.25, 0.3) is 10.8 Å². The highest BCUT2D eigenvalue weighted by Crippen LogP contribution is 2.20. The van der Waals surface area contributed by atoms with Crippen molar-refractivity contribution in [2.45, 2.75) is 37.5 Å². The number of aromatic amines is 2. The smallest absolute Gasteiger partial charge is 0.325 e. The van der Waals surface area contributed by atoms with Gasteiger partial charge in [0.05, 0.1) is 12.2 Å². The van der Waals surface area contributed by atoms with Gasteiger partial charge in [-0.15, -0.1) is 10.2 Å². The van der Waals surface area contributed by atoms with Gasteiger partial charge in [0.15, 0.2) is 0 Å². The van der Waals surface area contributed by atoms with Crippen LogP contribution in [0, 0.1) is 6.92 Å². The summed E-state index contributed by atoms with van der Waals surface area (Å²) in [6, 6.07) is 0.316. The Labute approximate surface area is 134 Å². The number of hydrogen-bond donors (Lipinski definition) is 3. The van der Waals surface area contributed by atoms with Crippen LogP contribution < -0.4 is 16.6 Å². The van der Waals surface area contributed by atoms with Gasteiger partial charge in [-0.2, -0.15) is 0 Å². The summed E-state index contributed by atoms with van der Waals surface area (Å²) in [6.45, 7) is 1.63. The first kappa shape index (κ1) is 15.5. The maximum atomic E-state index is 11.8. The maximum Gasteiger partial charge on any atom is 0.325 e. The van der Waals surface area contributed by atoms with Gasteiger partial charge in [0.1, 0.15) is 0 Å². The molecule has 9 nitrogen and oxygen atoms in total. The Bertz CT molecular complexity index is 835. The van der Waals surface area contributed by atoms with E-state index in [2.05, 4.69) is 25.5 Å². The highest BCUT2D eigenvalue weighted by molar-refractivity contribution is 7.99. The van der Waals surface area contributed by atoms with E-state index in [9.17, 15) is 14.4 Å². The number of aromatic nitrogens is 4. The zero-order valence-corrected chi connectivity index (χ0v) is 13.2. The average molecular weight is 337 g/mol. The molecule has 0 saturated heterocycles. The van der Waals surface area contributed by atoms with Crippen molar-refractivity contribution in [1.82, 2.24) is 25.5 Å². The minimum absolute atomic E-state index is 0.0647. The van der Waals surface area contributed by atoms with Crippen LogP contribution in [0.1, 0.15) is 30.0 Å². The van der Waals surface area contributed by atoms with Crippen LogP contribution in [0.4, 0.5) is 0 Å². The summed E-state index contributed by atoms with van der Waals surface area (Å²) in [5, 5.41) is 10.8. The Morgan fingerprint density at radius 1 is 1.35 bits per heavy atom. The van der Waals surface area contributed by atoms with Gasteiger partial charge in [-0.25, -0.2) is 4.79 Å². The first-order chi connectivity index (χ1) is 11.0. The largest absolute Gasteiger partial charge is 0.416 e. The fourth-order valence-electron chi connectivity index (χ4n) is 1.98. The third-order valence-electron chi connectivity index (χ3n) is 3.30. The zero-order valence-electron chi connectivity index (χ0n) is 12.3. The second-order valence-electron chi connectivity index (χ2n) is 5.28. The molecule has 122 valence electrons. The lowest BCUT2D eigenvalue weighted by molar-refractivity contribution is -0.118. The SMILES string of the molecule is Cc1[nH]c(=O)[nH]c(=O)c1Cc1nnc(SCC(=O)NC2CC2)o1. The molecule has 3 N–H and O–H groups in total. The molecule has 23 heavy (non-hydrogen) atoms. The molecule has 0 radical (unpaired) electrons. The van der Waals surface area contributed by atoms with E-state index in [1.165, 1.54) is 0 Å². The van der Waals surface area contributed by atoms with Gasteiger partial charge in [-0.05, 0) is 19.8 Å². The minimum atomic E-state index is -0.556. The number of nitrogens with one attached hydrogen (secondary N) is 3. The Morgan fingerprint density at radius 3 is 2.83 bits per heavy atom. The van der Waals surface area contributed by atoms with Crippen molar-refractivity contribution in [3.8, 4) is 0 Å². The molecular weight excluding hydrogens is 322 g/mol. The van der Waals surface area contributed by atoms with E-state index in [4.69, 9.17) is 4.42 Å². The summed E-state index contributed by atoms with van der Waals surface area (Å²) in [5.74, 6) is 0.386. The average Bonchev–Trinajstić information content (AvgIpc) is 3.17. The molecule has 1 amide bonds.